The first-order chi connectivity index (χ1) is 9.24. The second-order valence-electron chi connectivity index (χ2n) is 5.34. The van der Waals surface area contributed by atoms with Crippen LogP contribution in [0.1, 0.15) is 23.8 Å². The average molecular weight is 256 g/mol. The molecule has 0 spiro atoms. The minimum atomic E-state index is 0.487. The molecule has 100 valence electrons. The molecule has 1 unspecified atom stereocenters. The molecule has 1 aliphatic rings. The van der Waals surface area contributed by atoms with Crippen molar-refractivity contribution in [2.24, 2.45) is 0 Å². The Balaban J connectivity index is 1.71. The number of nitrogen functional groups attached to an aromatic ring is 1. The van der Waals surface area contributed by atoms with Gasteiger partial charge in [0.2, 0.25) is 0 Å². The van der Waals surface area contributed by atoms with Crippen LogP contribution in [-0.2, 0) is 19.4 Å². The lowest BCUT2D eigenvalue weighted by molar-refractivity contribution is 0.184. The maximum absolute atomic E-state index is 6.04. The first-order valence-electron chi connectivity index (χ1n) is 6.86. The molecule has 3 rings (SSSR count). The summed E-state index contributed by atoms with van der Waals surface area (Å²) in [5.41, 5.74) is 9.69. The van der Waals surface area contributed by atoms with Crippen molar-refractivity contribution in [2.45, 2.75) is 32.4 Å². The third kappa shape index (κ3) is 2.51. The Kier molecular flexibility index (Phi) is 3.30. The highest BCUT2D eigenvalue weighted by Gasteiger charge is 2.22. The van der Waals surface area contributed by atoms with Gasteiger partial charge in [-0.3, -0.25) is 4.90 Å². The number of benzene rings is 1. The first-order valence-corrected chi connectivity index (χ1v) is 6.86. The number of nitrogens with two attached hydrogens (primary N) is 1. The Hall–Kier alpha value is -1.74. The molecule has 19 heavy (non-hydrogen) atoms. The van der Waals surface area contributed by atoms with Crippen LogP contribution in [0.4, 0.5) is 5.69 Å². The van der Waals surface area contributed by atoms with Gasteiger partial charge in [0.1, 0.15) is 5.76 Å². The van der Waals surface area contributed by atoms with Crippen molar-refractivity contribution in [1.82, 2.24) is 4.90 Å². The van der Waals surface area contributed by atoms with Crippen LogP contribution in [0.5, 0.6) is 0 Å². The van der Waals surface area contributed by atoms with Crippen molar-refractivity contribution < 1.29 is 4.42 Å². The summed E-state index contributed by atoms with van der Waals surface area (Å²) in [7, 11) is 0. The van der Waals surface area contributed by atoms with Crippen molar-refractivity contribution in [3.05, 3.63) is 53.5 Å². The van der Waals surface area contributed by atoms with E-state index in [2.05, 4.69) is 24.0 Å². The fourth-order valence-electron chi connectivity index (χ4n) is 2.89. The van der Waals surface area contributed by atoms with Crippen molar-refractivity contribution in [2.75, 3.05) is 12.3 Å². The minimum absolute atomic E-state index is 0.487. The van der Waals surface area contributed by atoms with Gasteiger partial charge >= 0.3 is 0 Å². The molecule has 1 aliphatic heterocycles. The van der Waals surface area contributed by atoms with Gasteiger partial charge in [-0.2, -0.15) is 0 Å². The van der Waals surface area contributed by atoms with Crippen LogP contribution in [0.15, 0.2) is 41.0 Å². The van der Waals surface area contributed by atoms with E-state index >= 15 is 0 Å². The highest BCUT2D eigenvalue weighted by atomic mass is 16.3. The molecule has 3 nitrogen and oxygen atoms in total. The number of anilines is 1. The smallest absolute Gasteiger partial charge is 0.105 e. The molecule has 0 radical (unpaired) electrons. The van der Waals surface area contributed by atoms with Crippen LogP contribution in [0.3, 0.4) is 0 Å². The number of furan rings is 1. The summed E-state index contributed by atoms with van der Waals surface area (Å²) < 4.78 is 5.44. The number of hydrogen-bond acceptors (Lipinski definition) is 3. The van der Waals surface area contributed by atoms with Crippen LogP contribution in [0, 0.1) is 0 Å². The summed E-state index contributed by atoms with van der Waals surface area (Å²) in [6.45, 7) is 4.32. The van der Waals surface area contributed by atoms with Gasteiger partial charge in [-0.05, 0) is 42.7 Å². The molecule has 1 aromatic heterocycles. The van der Waals surface area contributed by atoms with Crippen LogP contribution in [-0.4, -0.2) is 17.5 Å². The number of fused-ring (bicyclic) bond motifs is 1. The standard InChI is InChI=1S/C16H20N2O/c1-12(10-14-5-3-9-19-14)18-8-7-15-13(11-18)4-2-6-16(15)17/h2-6,9,12H,7-8,10-11,17H2,1H3. The summed E-state index contributed by atoms with van der Waals surface area (Å²) >= 11 is 0. The Morgan fingerprint density at radius 3 is 3.00 bits per heavy atom. The molecule has 1 aromatic carbocycles. The molecule has 3 heteroatoms. The summed E-state index contributed by atoms with van der Waals surface area (Å²) in [6.07, 6.45) is 3.75. The van der Waals surface area contributed by atoms with E-state index in [0.29, 0.717) is 6.04 Å². The second-order valence-corrected chi connectivity index (χ2v) is 5.34. The molecule has 0 saturated heterocycles. The second kappa shape index (κ2) is 5.10. The van der Waals surface area contributed by atoms with Gasteiger partial charge in [-0.25, -0.2) is 0 Å². The third-order valence-corrected chi connectivity index (χ3v) is 4.03. The van der Waals surface area contributed by atoms with Gasteiger partial charge in [0.05, 0.1) is 6.26 Å². The van der Waals surface area contributed by atoms with Crippen LogP contribution in [0.25, 0.3) is 0 Å². The largest absolute Gasteiger partial charge is 0.469 e. The maximum Gasteiger partial charge on any atom is 0.105 e. The van der Waals surface area contributed by atoms with Crippen LogP contribution < -0.4 is 5.73 Å². The normalized spacial score (nSPS) is 17.1. The van der Waals surface area contributed by atoms with E-state index < -0.39 is 0 Å². The predicted octanol–water partition coefficient (Wildman–Crippen LogP) is 2.85. The molecule has 0 aliphatic carbocycles. The molecular weight excluding hydrogens is 236 g/mol. The molecule has 0 fully saturated rings. The summed E-state index contributed by atoms with van der Waals surface area (Å²) in [6, 6.07) is 10.7. The van der Waals surface area contributed by atoms with E-state index in [1.54, 1.807) is 6.26 Å². The fourth-order valence-corrected chi connectivity index (χ4v) is 2.89. The van der Waals surface area contributed by atoms with E-state index in [4.69, 9.17) is 10.2 Å². The van der Waals surface area contributed by atoms with Gasteiger partial charge in [0.15, 0.2) is 0 Å². The van der Waals surface area contributed by atoms with E-state index in [-0.39, 0.29) is 0 Å². The Morgan fingerprint density at radius 1 is 1.32 bits per heavy atom. The van der Waals surface area contributed by atoms with Crippen molar-refractivity contribution in [3.63, 3.8) is 0 Å². The third-order valence-electron chi connectivity index (χ3n) is 4.03. The monoisotopic (exact) mass is 256 g/mol. The molecule has 2 aromatic rings. The molecule has 0 amide bonds. The lowest BCUT2D eigenvalue weighted by Gasteiger charge is -2.33. The molecule has 2 N–H and O–H groups in total. The summed E-state index contributed by atoms with van der Waals surface area (Å²) in [5, 5.41) is 0. The van der Waals surface area contributed by atoms with E-state index in [1.807, 2.05) is 18.2 Å². The van der Waals surface area contributed by atoms with Gasteiger partial charge in [0, 0.05) is 31.2 Å². The van der Waals surface area contributed by atoms with Gasteiger partial charge in [-0.15, -0.1) is 0 Å². The zero-order valence-electron chi connectivity index (χ0n) is 11.3. The molecule has 1 atom stereocenters. The number of nitrogens with zero attached hydrogens (tertiary/aromatic N) is 1. The number of rotatable bonds is 3. The average Bonchev–Trinajstić information content (AvgIpc) is 2.91. The van der Waals surface area contributed by atoms with E-state index in [0.717, 1.165) is 37.4 Å². The fraction of sp³-hybridized carbons (Fsp3) is 0.375. The van der Waals surface area contributed by atoms with E-state index in [9.17, 15) is 0 Å². The lowest BCUT2D eigenvalue weighted by atomic mass is 9.96. The quantitative estimate of drug-likeness (QED) is 0.859. The van der Waals surface area contributed by atoms with Crippen molar-refractivity contribution >= 4 is 5.69 Å². The summed E-state index contributed by atoms with van der Waals surface area (Å²) in [5.74, 6) is 1.06. The Morgan fingerprint density at radius 2 is 2.21 bits per heavy atom. The molecule has 0 bridgehead atoms. The molecular formula is C16H20N2O. The highest BCUT2D eigenvalue weighted by molar-refractivity contribution is 5.51. The Bertz CT molecular complexity index is 548. The zero-order chi connectivity index (χ0) is 13.2. The van der Waals surface area contributed by atoms with Gasteiger partial charge in [-0.1, -0.05) is 12.1 Å². The van der Waals surface area contributed by atoms with Gasteiger partial charge in [0.25, 0.3) is 0 Å². The van der Waals surface area contributed by atoms with Crippen LogP contribution >= 0.6 is 0 Å². The van der Waals surface area contributed by atoms with Crippen molar-refractivity contribution in [3.8, 4) is 0 Å². The minimum Gasteiger partial charge on any atom is -0.469 e. The maximum atomic E-state index is 6.04. The topological polar surface area (TPSA) is 42.4 Å². The van der Waals surface area contributed by atoms with E-state index in [1.165, 1.54) is 11.1 Å². The Labute approximate surface area is 114 Å². The highest BCUT2D eigenvalue weighted by Crippen LogP contribution is 2.25. The van der Waals surface area contributed by atoms with Crippen LogP contribution in [0.2, 0.25) is 0 Å². The first kappa shape index (κ1) is 12.3. The van der Waals surface area contributed by atoms with Crippen molar-refractivity contribution in [1.29, 1.82) is 0 Å². The SMILES string of the molecule is CC(Cc1ccco1)N1CCc2c(N)cccc2C1. The summed E-state index contributed by atoms with van der Waals surface area (Å²) in [4.78, 5) is 2.50. The molecule has 0 saturated carbocycles. The lowest BCUT2D eigenvalue weighted by Crippen LogP contribution is -2.38. The molecule has 2 heterocycles. The van der Waals surface area contributed by atoms with Gasteiger partial charge < -0.3 is 10.2 Å². The predicted molar refractivity (Wildman–Crippen MR) is 76.8 cm³/mol. The number of hydrogen-bond donors (Lipinski definition) is 1. The zero-order valence-corrected chi connectivity index (χ0v) is 11.3.